The summed E-state index contributed by atoms with van der Waals surface area (Å²) in [5.41, 5.74) is 1.74. The number of amides is 1. The Balaban J connectivity index is 1.52. The van der Waals surface area contributed by atoms with Crippen molar-refractivity contribution < 1.29 is 18.3 Å². The molecule has 5 nitrogen and oxygen atoms in total. The molecule has 3 aromatic rings. The van der Waals surface area contributed by atoms with E-state index in [1.165, 1.54) is 12.1 Å². The van der Waals surface area contributed by atoms with Gasteiger partial charge in [-0.15, -0.1) is 0 Å². The first-order valence-electron chi connectivity index (χ1n) is 8.29. The molecule has 0 unspecified atom stereocenters. The molecule has 0 saturated heterocycles. The van der Waals surface area contributed by atoms with Crippen LogP contribution in [0.3, 0.4) is 0 Å². The number of para-hydroxylation sites is 1. The van der Waals surface area contributed by atoms with Crippen LogP contribution < -0.4 is 10.1 Å². The average Bonchev–Trinajstić information content (AvgIpc) is 3.02. The number of hydrogen-bond acceptors (Lipinski definition) is 4. The number of aryl methyl sites for hydroxylation is 1. The van der Waals surface area contributed by atoms with Gasteiger partial charge in [0, 0.05) is 25.5 Å². The topological polar surface area (TPSA) is 64.4 Å². The maximum absolute atomic E-state index is 13.4. The van der Waals surface area contributed by atoms with E-state index in [2.05, 4.69) is 10.3 Å². The summed E-state index contributed by atoms with van der Waals surface area (Å²) in [6.45, 7) is 1.91. The van der Waals surface area contributed by atoms with Crippen molar-refractivity contribution in [3.05, 3.63) is 72.1 Å². The van der Waals surface area contributed by atoms with Gasteiger partial charge in [-0.05, 0) is 12.1 Å². The van der Waals surface area contributed by atoms with Crippen LogP contribution in [0.25, 0.3) is 11.3 Å². The van der Waals surface area contributed by atoms with Crippen molar-refractivity contribution in [1.29, 1.82) is 0 Å². The van der Waals surface area contributed by atoms with E-state index in [0.29, 0.717) is 24.6 Å². The highest BCUT2D eigenvalue weighted by molar-refractivity contribution is 5.77. The van der Waals surface area contributed by atoms with E-state index in [0.717, 1.165) is 11.3 Å². The molecule has 0 aliphatic carbocycles. The van der Waals surface area contributed by atoms with Crippen LogP contribution in [0.5, 0.6) is 5.75 Å². The van der Waals surface area contributed by atoms with Gasteiger partial charge in [-0.3, -0.25) is 4.79 Å². The third-order valence-corrected chi connectivity index (χ3v) is 3.72. The number of carbonyl (C=O) groups excluding carboxylic acids is 1. The highest BCUT2D eigenvalue weighted by atomic mass is 19.1. The first-order chi connectivity index (χ1) is 12.6. The summed E-state index contributed by atoms with van der Waals surface area (Å²) in [6.07, 6.45) is 0.497. The molecule has 1 N–H and O–H groups in total. The van der Waals surface area contributed by atoms with E-state index in [1.54, 1.807) is 19.1 Å². The van der Waals surface area contributed by atoms with Gasteiger partial charge in [-0.1, -0.05) is 42.5 Å². The van der Waals surface area contributed by atoms with Gasteiger partial charge >= 0.3 is 0 Å². The smallest absolute Gasteiger partial charge is 0.257 e. The third kappa shape index (κ3) is 4.47. The molecule has 1 aromatic heterocycles. The summed E-state index contributed by atoms with van der Waals surface area (Å²) >= 11 is 0. The summed E-state index contributed by atoms with van der Waals surface area (Å²) in [5.74, 6) is 0.521. The Bertz CT molecular complexity index is 878. The number of carbonyl (C=O) groups is 1. The maximum Gasteiger partial charge on any atom is 0.257 e. The largest absolute Gasteiger partial charge is 0.481 e. The molecule has 1 amide bonds. The number of hydrogen-bond donors (Lipinski definition) is 1. The maximum atomic E-state index is 13.4. The van der Waals surface area contributed by atoms with Crippen molar-refractivity contribution in [1.82, 2.24) is 10.3 Å². The van der Waals surface area contributed by atoms with Crippen LogP contribution in [0.2, 0.25) is 0 Å². The van der Waals surface area contributed by atoms with Crippen LogP contribution in [0, 0.1) is 12.7 Å². The van der Waals surface area contributed by atoms with Crippen molar-refractivity contribution in [2.24, 2.45) is 0 Å². The normalized spacial score (nSPS) is 10.5. The van der Waals surface area contributed by atoms with Crippen LogP contribution in [-0.2, 0) is 11.2 Å². The Hall–Kier alpha value is -3.15. The molecule has 0 aliphatic rings. The van der Waals surface area contributed by atoms with Crippen LogP contribution >= 0.6 is 0 Å². The van der Waals surface area contributed by atoms with Crippen molar-refractivity contribution in [2.75, 3.05) is 13.2 Å². The predicted octanol–water partition coefficient (Wildman–Crippen LogP) is 3.53. The second-order valence-electron chi connectivity index (χ2n) is 5.69. The first kappa shape index (κ1) is 17.7. The Morgan fingerprint density at radius 1 is 1.15 bits per heavy atom. The van der Waals surface area contributed by atoms with Gasteiger partial charge < -0.3 is 14.5 Å². The predicted molar refractivity (Wildman–Crippen MR) is 95.3 cm³/mol. The molecule has 0 saturated carbocycles. The molecule has 26 heavy (non-hydrogen) atoms. The fourth-order valence-corrected chi connectivity index (χ4v) is 2.53. The molecule has 2 aromatic carbocycles. The van der Waals surface area contributed by atoms with E-state index in [4.69, 9.17) is 9.15 Å². The third-order valence-electron chi connectivity index (χ3n) is 3.72. The number of nitrogens with one attached hydrogen (secondary N) is 1. The lowest BCUT2D eigenvalue weighted by Gasteiger charge is -2.08. The van der Waals surface area contributed by atoms with Crippen LogP contribution in [0.4, 0.5) is 4.39 Å². The second-order valence-corrected chi connectivity index (χ2v) is 5.69. The van der Waals surface area contributed by atoms with Crippen LogP contribution in [0.1, 0.15) is 11.7 Å². The lowest BCUT2D eigenvalue weighted by molar-refractivity contribution is -0.123. The minimum Gasteiger partial charge on any atom is -0.481 e. The van der Waals surface area contributed by atoms with Gasteiger partial charge in [-0.2, -0.15) is 0 Å². The van der Waals surface area contributed by atoms with Crippen LogP contribution in [0.15, 0.2) is 59.0 Å². The first-order valence-corrected chi connectivity index (χ1v) is 8.29. The summed E-state index contributed by atoms with van der Waals surface area (Å²) in [7, 11) is 0. The molecule has 0 radical (unpaired) electrons. The standard InChI is InChI=1S/C20H19FN2O3/c1-14-23-20(15-7-3-2-4-8-15)18(26-14)11-12-22-19(24)13-25-17-10-6-5-9-16(17)21/h2-10H,11-13H2,1H3,(H,22,24). The van der Waals surface area contributed by atoms with Gasteiger partial charge in [0.2, 0.25) is 0 Å². The number of aromatic nitrogens is 1. The van der Waals surface area contributed by atoms with E-state index < -0.39 is 5.82 Å². The molecule has 3 rings (SSSR count). The van der Waals surface area contributed by atoms with Gasteiger partial charge in [0.25, 0.3) is 5.91 Å². The number of rotatable bonds is 7. The summed E-state index contributed by atoms with van der Waals surface area (Å²) in [4.78, 5) is 16.3. The summed E-state index contributed by atoms with van der Waals surface area (Å²) < 4.78 is 24.3. The van der Waals surface area contributed by atoms with Gasteiger partial charge in [0.1, 0.15) is 11.5 Å². The fourth-order valence-electron chi connectivity index (χ4n) is 2.53. The minimum atomic E-state index is -0.495. The number of halogens is 1. The Kier molecular flexibility index (Phi) is 5.63. The lowest BCUT2D eigenvalue weighted by atomic mass is 10.1. The molecule has 6 heteroatoms. The fraction of sp³-hybridized carbons (Fsp3) is 0.200. The highest BCUT2D eigenvalue weighted by Gasteiger charge is 2.13. The zero-order valence-corrected chi connectivity index (χ0v) is 14.4. The molecular formula is C20H19FN2O3. The Morgan fingerprint density at radius 2 is 1.88 bits per heavy atom. The van der Waals surface area contributed by atoms with Crippen molar-refractivity contribution in [3.63, 3.8) is 0 Å². The zero-order valence-electron chi connectivity index (χ0n) is 14.4. The Morgan fingerprint density at radius 3 is 2.65 bits per heavy atom. The molecule has 134 valence electrons. The number of benzene rings is 2. The number of nitrogens with zero attached hydrogens (tertiary/aromatic N) is 1. The lowest BCUT2D eigenvalue weighted by Crippen LogP contribution is -2.30. The van der Waals surface area contributed by atoms with E-state index in [9.17, 15) is 9.18 Å². The zero-order chi connectivity index (χ0) is 18.4. The van der Waals surface area contributed by atoms with Crippen molar-refractivity contribution in [3.8, 4) is 17.0 Å². The van der Waals surface area contributed by atoms with Gasteiger partial charge in [0.15, 0.2) is 24.1 Å². The van der Waals surface area contributed by atoms with E-state index in [-0.39, 0.29) is 18.3 Å². The molecule has 0 spiro atoms. The minimum absolute atomic E-state index is 0.0554. The van der Waals surface area contributed by atoms with Crippen molar-refractivity contribution >= 4 is 5.91 Å². The van der Waals surface area contributed by atoms with Crippen LogP contribution in [-0.4, -0.2) is 24.0 Å². The average molecular weight is 354 g/mol. The Labute approximate surface area is 150 Å². The van der Waals surface area contributed by atoms with Gasteiger partial charge in [-0.25, -0.2) is 9.37 Å². The molecule has 1 heterocycles. The SMILES string of the molecule is Cc1nc(-c2ccccc2)c(CCNC(=O)COc2ccccc2F)o1. The molecule has 0 atom stereocenters. The van der Waals surface area contributed by atoms with Crippen molar-refractivity contribution in [2.45, 2.75) is 13.3 Å². The van der Waals surface area contributed by atoms with E-state index in [1.807, 2.05) is 30.3 Å². The van der Waals surface area contributed by atoms with Gasteiger partial charge in [0.05, 0.1) is 0 Å². The molecule has 0 fully saturated rings. The molecule has 0 aliphatic heterocycles. The van der Waals surface area contributed by atoms with E-state index >= 15 is 0 Å². The summed E-state index contributed by atoms with van der Waals surface area (Å²) in [5, 5.41) is 2.73. The second kappa shape index (κ2) is 8.29. The quantitative estimate of drug-likeness (QED) is 0.705. The molecule has 0 bridgehead atoms. The number of oxazole rings is 1. The monoisotopic (exact) mass is 354 g/mol. The number of ether oxygens (including phenoxy) is 1. The highest BCUT2D eigenvalue weighted by Crippen LogP contribution is 2.23. The summed E-state index contributed by atoms with van der Waals surface area (Å²) in [6, 6.07) is 15.7. The molecular weight excluding hydrogens is 335 g/mol.